The minimum Gasteiger partial charge on any atom is -0.550 e. The fourth-order valence-corrected chi connectivity index (χ4v) is 2.97. The Bertz CT molecular complexity index is 876. The largest absolute Gasteiger partial charge is 0.550 e. The summed E-state index contributed by atoms with van der Waals surface area (Å²) in [6, 6.07) is 7.55. The van der Waals surface area contributed by atoms with Crippen molar-refractivity contribution >= 4 is 23.5 Å². The van der Waals surface area contributed by atoms with E-state index in [2.05, 4.69) is 5.32 Å². The second-order valence-corrected chi connectivity index (χ2v) is 6.85. The normalized spacial score (nSPS) is 11.5. The van der Waals surface area contributed by atoms with E-state index >= 15 is 0 Å². The molecule has 8 heteroatoms. The number of carboxylic acid groups (broad SMARTS) is 1. The van der Waals surface area contributed by atoms with Crippen molar-refractivity contribution in [3.63, 3.8) is 0 Å². The maximum atomic E-state index is 12.4. The lowest BCUT2D eigenvalue weighted by molar-refractivity contribution is -0.306. The third-order valence-electron chi connectivity index (χ3n) is 4.30. The quantitative estimate of drug-likeness (QED) is 0.668. The summed E-state index contributed by atoms with van der Waals surface area (Å²) in [7, 11) is 2.97. The maximum Gasteiger partial charge on any atom is 0.258 e. The van der Waals surface area contributed by atoms with Crippen LogP contribution in [-0.4, -0.2) is 32.7 Å². The molecular formula is C21H23ClNO6-. The van der Waals surface area contributed by atoms with Crippen molar-refractivity contribution in [2.24, 2.45) is 0 Å². The summed E-state index contributed by atoms with van der Waals surface area (Å²) >= 11 is 6.13. The molecule has 2 aromatic rings. The SMILES string of the molecule is COc1ccc([C@@H](CC(=O)[O-])NC(=O)COc2cc(C)c(Cl)c(C)c2)cc1OC. The van der Waals surface area contributed by atoms with Crippen LogP contribution < -0.4 is 24.6 Å². The molecule has 0 fully saturated rings. The summed E-state index contributed by atoms with van der Waals surface area (Å²) in [6.45, 7) is 3.40. The van der Waals surface area contributed by atoms with Crippen molar-refractivity contribution in [2.75, 3.05) is 20.8 Å². The number of aryl methyl sites for hydroxylation is 2. The highest BCUT2D eigenvalue weighted by atomic mass is 35.5. The lowest BCUT2D eigenvalue weighted by Gasteiger charge is -2.21. The number of ether oxygens (including phenoxy) is 3. The fraction of sp³-hybridized carbons (Fsp3) is 0.333. The molecule has 156 valence electrons. The molecule has 0 spiro atoms. The number of rotatable bonds is 9. The van der Waals surface area contributed by atoms with Crippen LogP contribution in [0, 0.1) is 13.8 Å². The molecule has 2 rings (SSSR count). The minimum atomic E-state index is -1.30. The Kier molecular flexibility index (Phi) is 7.73. The molecule has 1 amide bonds. The zero-order valence-corrected chi connectivity index (χ0v) is 17.5. The number of aliphatic carboxylic acids is 1. The number of carbonyl (C=O) groups is 2. The molecule has 0 aliphatic heterocycles. The van der Waals surface area contributed by atoms with Gasteiger partial charge in [-0.3, -0.25) is 4.79 Å². The molecular weight excluding hydrogens is 398 g/mol. The summed E-state index contributed by atoms with van der Waals surface area (Å²) in [5.74, 6) is -0.356. The van der Waals surface area contributed by atoms with E-state index in [-0.39, 0.29) is 6.61 Å². The first-order chi connectivity index (χ1) is 13.7. The summed E-state index contributed by atoms with van der Waals surface area (Å²) in [5, 5.41) is 14.5. The number of amides is 1. The average molecular weight is 421 g/mol. The Morgan fingerprint density at radius 3 is 2.24 bits per heavy atom. The van der Waals surface area contributed by atoms with Gasteiger partial charge in [0, 0.05) is 17.4 Å². The molecule has 0 aliphatic carbocycles. The van der Waals surface area contributed by atoms with Gasteiger partial charge in [-0.05, 0) is 54.8 Å². The van der Waals surface area contributed by atoms with Gasteiger partial charge in [0.25, 0.3) is 5.91 Å². The summed E-state index contributed by atoms with van der Waals surface area (Å²) in [4.78, 5) is 23.5. The first-order valence-electron chi connectivity index (χ1n) is 8.85. The Morgan fingerprint density at radius 1 is 1.07 bits per heavy atom. The Labute approximate surface area is 174 Å². The van der Waals surface area contributed by atoms with Gasteiger partial charge in [-0.2, -0.15) is 0 Å². The lowest BCUT2D eigenvalue weighted by Crippen LogP contribution is -2.36. The second kappa shape index (κ2) is 10.0. The van der Waals surface area contributed by atoms with Crippen LogP contribution in [-0.2, 0) is 9.59 Å². The highest BCUT2D eigenvalue weighted by molar-refractivity contribution is 6.32. The summed E-state index contributed by atoms with van der Waals surface area (Å²) < 4.78 is 15.9. The first-order valence-corrected chi connectivity index (χ1v) is 9.23. The molecule has 0 aliphatic rings. The van der Waals surface area contributed by atoms with Crippen LogP contribution in [0.15, 0.2) is 30.3 Å². The molecule has 1 atom stereocenters. The van der Waals surface area contributed by atoms with Gasteiger partial charge in [-0.25, -0.2) is 0 Å². The highest BCUT2D eigenvalue weighted by Gasteiger charge is 2.18. The molecule has 29 heavy (non-hydrogen) atoms. The molecule has 0 saturated carbocycles. The van der Waals surface area contributed by atoms with Crippen LogP contribution in [0.5, 0.6) is 17.2 Å². The van der Waals surface area contributed by atoms with E-state index in [4.69, 9.17) is 25.8 Å². The number of halogens is 1. The predicted octanol–water partition coefficient (Wildman–Crippen LogP) is 2.35. The van der Waals surface area contributed by atoms with Gasteiger partial charge >= 0.3 is 0 Å². The van der Waals surface area contributed by atoms with E-state index in [1.54, 1.807) is 30.3 Å². The van der Waals surface area contributed by atoms with E-state index in [9.17, 15) is 14.7 Å². The van der Waals surface area contributed by atoms with Crippen LogP contribution >= 0.6 is 11.6 Å². The van der Waals surface area contributed by atoms with Crippen molar-refractivity contribution < 1.29 is 28.9 Å². The molecule has 0 unspecified atom stereocenters. The van der Waals surface area contributed by atoms with Gasteiger partial charge in [-0.1, -0.05) is 17.7 Å². The molecule has 0 bridgehead atoms. The molecule has 0 heterocycles. The number of hydrogen-bond acceptors (Lipinski definition) is 6. The lowest BCUT2D eigenvalue weighted by atomic mass is 10.0. The van der Waals surface area contributed by atoms with Crippen LogP contribution in [0.25, 0.3) is 0 Å². The van der Waals surface area contributed by atoms with Gasteiger partial charge < -0.3 is 29.4 Å². The predicted molar refractivity (Wildman–Crippen MR) is 106 cm³/mol. The first kappa shape index (κ1) is 22.4. The van der Waals surface area contributed by atoms with E-state index < -0.39 is 24.3 Å². The Hall–Kier alpha value is -2.93. The van der Waals surface area contributed by atoms with Gasteiger partial charge in [0.05, 0.1) is 20.3 Å². The molecule has 0 aromatic heterocycles. The van der Waals surface area contributed by atoms with Crippen LogP contribution in [0.4, 0.5) is 0 Å². The fourth-order valence-electron chi connectivity index (χ4n) is 2.86. The smallest absolute Gasteiger partial charge is 0.258 e. The summed E-state index contributed by atoms with van der Waals surface area (Å²) in [6.07, 6.45) is -0.402. The van der Waals surface area contributed by atoms with Gasteiger partial charge in [0.1, 0.15) is 5.75 Å². The number of benzene rings is 2. The van der Waals surface area contributed by atoms with Crippen molar-refractivity contribution in [3.05, 3.63) is 52.0 Å². The van der Waals surface area contributed by atoms with Crippen molar-refractivity contribution in [2.45, 2.75) is 26.3 Å². The summed E-state index contributed by atoms with van der Waals surface area (Å²) in [5.41, 5.74) is 2.21. The second-order valence-electron chi connectivity index (χ2n) is 6.47. The molecule has 7 nitrogen and oxygen atoms in total. The zero-order chi connectivity index (χ0) is 21.6. The molecule has 0 radical (unpaired) electrons. The number of carbonyl (C=O) groups excluding carboxylic acids is 2. The van der Waals surface area contributed by atoms with E-state index in [1.807, 2.05) is 13.8 Å². The van der Waals surface area contributed by atoms with Crippen molar-refractivity contribution in [1.29, 1.82) is 0 Å². The number of carboxylic acids is 1. The van der Waals surface area contributed by atoms with Crippen molar-refractivity contribution in [3.8, 4) is 17.2 Å². The van der Waals surface area contributed by atoms with E-state index in [0.29, 0.717) is 27.8 Å². The van der Waals surface area contributed by atoms with E-state index in [0.717, 1.165) is 11.1 Å². The topological polar surface area (TPSA) is 96.9 Å². The number of hydrogen-bond donors (Lipinski definition) is 1. The zero-order valence-electron chi connectivity index (χ0n) is 16.7. The Balaban J connectivity index is 2.11. The molecule has 0 saturated heterocycles. The number of nitrogens with one attached hydrogen (secondary N) is 1. The van der Waals surface area contributed by atoms with Crippen LogP contribution in [0.1, 0.15) is 29.2 Å². The van der Waals surface area contributed by atoms with Crippen molar-refractivity contribution in [1.82, 2.24) is 5.32 Å². The van der Waals surface area contributed by atoms with Crippen LogP contribution in [0.3, 0.4) is 0 Å². The minimum absolute atomic E-state index is 0.280. The van der Waals surface area contributed by atoms with Crippen LogP contribution in [0.2, 0.25) is 5.02 Å². The standard InChI is InChI=1S/C21H24ClNO6/c1-12-7-15(8-13(2)21(12)22)29-11-19(24)23-16(10-20(25)26)14-5-6-17(27-3)18(9-14)28-4/h5-9,16H,10-11H2,1-4H3,(H,23,24)(H,25,26)/p-1/t16-/m1/s1. The monoisotopic (exact) mass is 420 g/mol. The third kappa shape index (κ3) is 6.02. The molecule has 2 aromatic carbocycles. The third-order valence-corrected chi connectivity index (χ3v) is 4.89. The van der Waals surface area contributed by atoms with Gasteiger partial charge in [-0.15, -0.1) is 0 Å². The van der Waals surface area contributed by atoms with E-state index in [1.165, 1.54) is 14.2 Å². The highest BCUT2D eigenvalue weighted by Crippen LogP contribution is 2.31. The average Bonchev–Trinajstić information content (AvgIpc) is 2.68. The van der Waals surface area contributed by atoms with Gasteiger partial charge in [0.2, 0.25) is 0 Å². The number of methoxy groups -OCH3 is 2. The Morgan fingerprint density at radius 2 is 1.69 bits per heavy atom. The molecule has 1 N–H and O–H groups in total. The van der Waals surface area contributed by atoms with Gasteiger partial charge in [0.15, 0.2) is 18.1 Å². The maximum absolute atomic E-state index is 12.4.